The number of benzene rings is 2. The molecule has 0 aliphatic rings. The second kappa shape index (κ2) is 5.54. The monoisotopic (exact) mass is 311 g/mol. The third-order valence-electron chi connectivity index (χ3n) is 2.73. The van der Waals surface area contributed by atoms with Crippen LogP contribution in [-0.4, -0.2) is 0 Å². The van der Waals surface area contributed by atoms with Crippen LogP contribution in [0.5, 0.6) is 0 Å². The number of hydrogen-bond donors (Lipinski definition) is 2. The Hall–Kier alpha value is -2.39. The molecule has 0 saturated carbocycles. The molecule has 2 aromatic rings. The van der Waals surface area contributed by atoms with Crippen molar-refractivity contribution in [3.8, 4) is 6.07 Å². The van der Waals surface area contributed by atoms with E-state index in [1.807, 2.05) is 6.07 Å². The van der Waals surface area contributed by atoms with Crippen LogP contribution < -0.4 is 11.1 Å². The molecule has 0 heterocycles. The number of nitrogens with one attached hydrogen (secondary N) is 1. The Labute approximate surface area is 123 Å². The van der Waals surface area contributed by atoms with Gasteiger partial charge in [-0.2, -0.15) is 18.4 Å². The molecule has 3 nitrogen and oxygen atoms in total. The van der Waals surface area contributed by atoms with Gasteiger partial charge in [0.2, 0.25) is 0 Å². The molecule has 0 radical (unpaired) electrons. The number of nitrogen functional groups attached to an aromatic ring is 1. The van der Waals surface area contributed by atoms with E-state index in [2.05, 4.69) is 5.32 Å². The Balaban J connectivity index is 2.39. The van der Waals surface area contributed by atoms with Gasteiger partial charge in [-0.1, -0.05) is 11.6 Å². The molecule has 0 spiro atoms. The summed E-state index contributed by atoms with van der Waals surface area (Å²) in [6, 6.07) is 9.84. The zero-order valence-electron chi connectivity index (χ0n) is 10.5. The highest BCUT2D eigenvalue weighted by Crippen LogP contribution is 2.36. The van der Waals surface area contributed by atoms with Crippen molar-refractivity contribution < 1.29 is 13.2 Å². The number of halogens is 4. The third kappa shape index (κ3) is 3.38. The normalized spacial score (nSPS) is 11.0. The molecule has 21 heavy (non-hydrogen) atoms. The molecule has 0 bridgehead atoms. The van der Waals surface area contributed by atoms with Gasteiger partial charge in [0, 0.05) is 11.4 Å². The van der Waals surface area contributed by atoms with E-state index in [0.29, 0.717) is 16.3 Å². The van der Waals surface area contributed by atoms with E-state index in [-0.39, 0.29) is 11.4 Å². The first kappa shape index (κ1) is 15.0. The van der Waals surface area contributed by atoms with Gasteiger partial charge in [-0.15, -0.1) is 0 Å². The summed E-state index contributed by atoms with van der Waals surface area (Å²) < 4.78 is 38.4. The summed E-state index contributed by atoms with van der Waals surface area (Å²) in [4.78, 5) is 0. The lowest BCUT2D eigenvalue weighted by atomic mass is 10.1. The number of nitrogens with zero attached hydrogens (tertiary/aromatic N) is 1. The maximum atomic E-state index is 12.8. The second-order valence-corrected chi connectivity index (χ2v) is 4.64. The minimum atomic E-state index is -4.54. The van der Waals surface area contributed by atoms with Gasteiger partial charge in [0.05, 0.1) is 27.9 Å². The minimum absolute atomic E-state index is 0.175. The molecule has 2 aromatic carbocycles. The lowest BCUT2D eigenvalue weighted by Crippen LogP contribution is -2.09. The molecule has 0 aliphatic carbocycles. The topological polar surface area (TPSA) is 61.8 Å². The van der Waals surface area contributed by atoms with Crippen LogP contribution in [0, 0.1) is 11.3 Å². The summed E-state index contributed by atoms with van der Waals surface area (Å²) in [5.41, 5.74) is 4.90. The predicted octanol–water partition coefficient (Wildman–Crippen LogP) is 4.56. The minimum Gasteiger partial charge on any atom is -0.398 e. The van der Waals surface area contributed by atoms with Crippen LogP contribution >= 0.6 is 11.6 Å². The number of alkyl halides is 3. The van der Waals surface area contributed by atoms with Crippen molar-refractivity contribution in [3.63, 3.8) is 0 Å². The molecule has 0 saturated heterocycles. The van der Waals surface area contributed by atoms with Crippen LogP contribution in [-0.2, 0) is 6.18 Å². The van der Waals surface area contributed by atoms with E-state index in [1.54, 1.807) is 0 Å². The quantitative estimate of drug-likeness (QED) is 0.799. The highest BCUT2D eigenvalue weighted by atomic mass is 35.5. The number of nitriles is 1. The summed E-state index contributed by atoms with van der Waals surface area (Å²) in [6.45, 7) is 0. The van der Waals surface area contributed by atoms with E-state index in [1.165, 1.54) is 24.3 Å². The number of anilines is 3. The standard InChI is InChI=1S/C14H9ClF3N3/c15-11-3-1-8(7-19)5-13(11)21-9-2-4-12(20)10(6-9)14(16,17)18/h1-6,21H,20H2. The predicted molar refractivity (Wildman–Crippen MR) is 75.3 cm³/mol. The van der Waals surface area contributed by atoms with Crippen LogP contribution in [0.1, 0.15) is 11.1 Å². The van der Waals surface area contributed by atoms with Crippen molar-refractivity contribution in [1.29, 1.82) is 5.26 Å². The largest absolute Gasteiger partial charge is 0.418 e. The van der Waals surface area contributed by atoms with Crippen LogP contribution in [0.15, 0.2) is 36.4 Å². The smallest absolute Gasteiger partial charge is 0.398 e. The summed E-state index contributed by atoms with van der Waals surface area (Å²) in [7, 11) is 0. The van der Waals surface area contributed by atoms with Gasteiger partial charge in [0.25, 0.3) is 0 Å². The van der Waals surface area contributed by atoms with Crippen LogP contribution in [0.2, 0.25) is 5.02 Å². The van der Waals surface area contributed by atoms with Gasteiger partial charge < -0.3 is 11.1 Å². The zero-order valence-corrected chi connectivity index (χ0v) is 11.3. The Morgan fingerprint density at radius 2 is 1.86 bits per heavy atom. The molecule has 0 unspecified atom stereocenters. The molecule has 7 heteroatoms. The first-order chi connectivity index (χ1) is 9.81. The molecule has 2 rings (SSSR count). The first-order valence-electron chi connectivity index (χ1n) is 5.74. The van der Waals surface area contributed by atoms with Crippen molar-refractivity contribution in [1.82, 2.24) is 0 Å². The van der Waals surface area contributed by atoms with Crippen LogP contribution in [0.25, 0.3) is 0 Å². The summed E-state index contributed by atoms with van der Waals surface area (Å²) >= 11 is 5.95. The molecule has 0 fully saturated rings. The van der Waals surface area contributed by atoms with E-state index >= 15 is 0 Å². The van der Waals surface area contributed by atoms with Crippen molar-refractivity contribution in [2.24, 2.45) is 0 Å². The number of nitrogens with two attached hydrogens (primary N) is 1. The fourth-order valence-corrected chi connectivity index (χ4v) is 1.89. The first-order valence-corrected chi connectivity index (χ1v) is 6.12. The number of rotatable bonds is 2. The Bertz CT molecular complexity index is 720. The maximum Gasteiger partial charge on any atom is 0.418 e. The highest BCUT2D eigenvalue weighted by Gasteiger charge is 2.33. The third-order valence-corrected chi connectivity index (χ3v) is 3.06. The molecular formula is C14H9ClF3N3. The summed E-state index contributed by atoms with van der Waals surface area (Å²) in [5.74, 6) is 0. The van der Waals surface area contributed by atoms with Gasteiger partial charge in [0.1, 0.15) is 0 Å². The Kier molecular flexibility index (Phi) is 3.96. The lowest BCUT2D eigenvalue weighted by molar-refractivity contribution is -0.136. The van der Waals surface area contributed by atoms with Gasteiger partial charge in [-0.3, -0.25) is 0 Å². The summed E-state index contributed by atoms with van der Waals surface area (Å²) in [5, 5.41) is 11.9. The van der Waals surface area contributed by atoms with Crippen molar-refractivity contribution in [2.45, 2.75) is 6.18 Å². The highest BCUT2D eigenvalue weighted by molar-refractivity contribution is 6.33. The van der Waals surface area contributed by atoms with Gasteiger partial charge >= 0.3 is 6.18 Å². The average molecular weight is 312 g/mol. The summed E-state index contributed by atoms with van der Waals surface area (Å²) in [6.07, 6.45) is -4.54. The Morgan fingerprint density at radius 1 is 1.14 bits per heavy atom. The fourth-order valence-electron chi connectivity index (χ4n) is 1.73. The fraction of sp³-hybridized carbons (Fsp3) is 0.0714. The molecule has 0 atom stereocenters. The number of hydrogen-bond acceptors (Lipinski definition) is 3. The molecule has 0 aliphatic heterocycles. The van der Waals surface area contributed by atoms with Crippen molar-refractivity contribution in [3.05, 3.63) is 52.5 Å². The van der Waals surface area contributed by atoms with Gasteiger partial charge in [0.15, 0.2) is 0 Å². The molecular weight excluding hydrogens is 303 g/mol. The van der Waals surface area contributed by atoms with E-state index in [9.17, 15) is 13.2 Å². The lowest BCUT2D eigenvalue weighted by Gasteiger charge is -2.14. The van der Waals surface area contributed by atoms with Gasteiger partial charge in [-0.05, 0) is 36.4 Å². The van der Waals surface area contributed by atoms with E-state index < -0.39 is 11.7 Å². The van der Waals surface area contributed by atoms with Crippen molar-refractivity contribution >= 4 is 28.7 Å². The molecule has 3 N–H and O–H groups in total. The van der Waals surface area contributed by atoms with Crippen molar-refractivity contribution in [2.75, 3.05) is 11.1 Å². The van der Waals surface area contributed by atoms with Crippen LogP contribution in [0.3, 0.4) is 0 Å². The molecule has 108 valence electrons. The second-order valence-electron chi connectivity index (χ2n) is 4.23. The van der Waals surface area contributed by atoms with Gasteiger partial charge in [-0.25, -0.2) is 0 Å². The SMILES string of the molecule is N#Cc1ccc(Cl)c(Nc2ccc(N)c(C(F)(F)F)c2)c1. The van der Waals surface area contributed by atoms with Crippen LogP contribution in [0.4, 0.5) is 30.2 Å². The molecule has 0 amide bonds. The van der Waals surface area contributed by atoms with E-state index in [4.69, 9.17) is 22.6 Å². The maximum absolute atomic E-state index is 12.8. The average Bonchev–Trinajstić information content (AvgIpc) is 2.42. The molecule has 0 aromatic heterocycles. The van der Waals surface area contributed by atoms with E-state index in [0.717, 1.165) is 12.1 Å². The zero-order chi connectivity index (χ0) is 15.6. The Morgan fingerprint density at radius 3 is 2.48 bits per heavy atom.